The molecule has 8 heteroatoms. The third-order valence-corrected chi connectivity index (χ3v) is 12.2. The zero-order valence-electron chi connectivity index (χ0n) is 29.5. The molecule has 7 nitrogen and oxygen atoms in total. The Bertz CT molecular complexity index is 883. The first kappa shape index (κ1) is 40.7. The predicted octanol–water partition coefficient (Wildman–Crippen LogP) is 8.00. The zero-order chi connectivity index (χ0) is 33.2. The average Bonchev–Trinajstić information content (AvgIpc) is 2.93. The van der Waals surface area contributed by atoms with Gasteiger partial charge in [-0.1, -0.05) is 82.6 Å². The molecule has 42 heavy (non-hydrogen) atoms. The van der Waals surface area contributed by atoms with Crippen LogP contribution in [0.5, 0.6) is 0 Å². The lowest BCUT2D eigenvalue weighted by Gasteiger charge is -2.46. The largest absolute Gasteiger partial charge is 0.469 e. The Kier molecular flexibility index (Phi) is 15.7. The minimum absolute atomic E-state index is 0.0373. The van der Waals surface area contributed by atoms with Gasteiger partial charge in [0.15, 0.2) is 0 Å². The molecule has 0 radical (unpaired) electrons. The molecular formula is C34H64O7S. The second kappa shape index (κ2) is 16.2. The molecular weight excluding hydrogens is 552 g/mol. The molecule has 0 aliphatic carbocycles. The fourth-order valence-corrected chi connectivity index (χ4v) is 6.67. The van der Waals surface area contributed by atoms with Crippen LogP contribution in [-0.2, 0) is 28.6 Å². The van der Waals surface area contributed by atoms with E-state index < -0.39 is 22.9 Å². The molecule has 0 saturated heterocycles. The van der Waals surface area contributed by atoms with Gasteiger partial charge < -0.3 is 19.3 Å². The number of carbonyl (C=O) groups excluding carboxylic acids is 3. The topological polar surface area (TPSA) is 99.1 Å². The summed E-state index contributed by atoms with van der Waals surface area (Å²) in [6, 6.07) is 0. The third-order valence-electron chi connectivity index (χ3n) is 10.7. The number of hydrogen-bond acceptors (Lipinski definition) is 8. The quantitative estimate of drug-likeness (QED) is 0.109. The van der Waals surface area contributed by atoms with E-state index in [9.17, 15) is 19.5 Å². The number of carbonyl (C=O) groups is 3. The third kappa shape index (κ3) is 10.7. The standard InChI is InChI=1S/C34H64O7S/c1-15-29(5,6)23-33(12,30(7,8)16-2)28(38)41-22-25(35)21-40-26(36)19-20-42-32(11,18-4)24-34(13,27(37)39-14)31(9,10)17-3/h25,35H,15-24H2,1-14H3. The van der Waals surface area contributed by atoms with Crippen molar-refractivity contribution >= 4 is 29.7 Å². The molecule has 4 atom stereocenters. The Hall–Kier alpha value is -1.28. The molecule has 248 valence electrons. The predicted molar refractivity (Wildman–Crippen MR) is 173 cm³/mol. The summed E-state index contributed by atoms with van der Waals surface area (Å²) >= 11 is 1.65. The van der Waals surface area contributed by atoms with E-state index in [1.165, 1.54) is 7.11 Å². The normalized spacial score (nSPS) is 17.8. The molecule has 0 bridgehead atoms. The summed E-state index contributed by atoms with van der Waals surface area (Å²) in [7, 11) is 1.44. The minimum atomic E-state index is -1.10. The number of ether oxygens (including phenoxy) is 3. The number of hydrogen-bond donors (Lipinski definition) is 1. The van der Waals surface area contributed by atoms with Gasteiger partial charge in [-0.15, -0.1) is 0 Å². The molecule has 1 N–H and O–H groups in total. The summed E-state index contributed by atoms with van der Waals surface area (Å²) in [5, 5.41) is 10.4. The van der Waals surface area contributed by atoms with Crippen LogP contribution in [0.1, 0.15) is 135 Å². The van der Waals surface area contributed by atoms with E-state index in [1.807, 2.05) is 13.8 Å². The Labute approximate surface area is 262 Å². The fourth-order valence-electron chi connectivity index (χ4n) is 5.31. The van der Waals surface area contributed by atoms with Gasteiger partial charge in [0.25, 0.3) is 0 Å². The van der Waals surface area contributed by atoms with Gasteiger partial charge in [0.2, 0.25) is 0 Å². The summed E-state index contributed by atoms with van der Waals surface area (Å²) in [6.45, 7) is 26.7. The highest BCUT2D eigenvalue weighted by Crippen LogP contribution is 2.52. The summed E-state index contributed by atoms with van der Waals surface area (Å²) < 4.78 is 15.9. The van der Waals surface area contributed by atoms with E-state index in [1.54, 1.807) is 11.8 Å². The van der Waals surface area contributed by atoms with E-state index >= 15 is 0 Å². The summed E-state index contributed by atoms with van der Waals surface area (Å²) in [5.74, 6) is -0.439. The Morgan fingerprint density at radius 2 is 1.17 bits per heavy atom. The van der Waals surface area contributed by atoms with Crippen LogP contribution in [0.15, 0.2) is 0 Å². The lowest BCUT2D eigenvalue weighted by atomic mass is 9.58. The fraction of sp³-hybridized carbons (Fsp3) is 0.912. The highest BCUT2D eigenvalue weighted by molar-refractivity contribution is 8.00. The van der Waals surface area contributed by atoms with Gasteiger partial charge in [-0.3, -0.25) is 14.4 Å². The second-order valence-electron chi connectivity index (χ2n) is 14.8. The molecule has 0 saturated carbocycles. The van der Waals surface area contributed by atoms with E-state index in [0.717, 1.165) is 25.7 Å². The van der Waals surface area contributed by atoms with Crippen LogP contribution < -0.4 is 0 Å². The molecule has 0 spiro atoms. The van der Waals surface area contributed by atoms with E-state index in [4.69, 9.17) is 14.2 Å². The lowest BCUT2D eigenvalue weighted by molar-refractivity contribution is -0.170. The maximum Gasteiger partial charge on any atom is 0.312 e. The highest BCUT2D eigenvalue weighted by Gasteiger charge is 2.51. The average molecular weight is 617 g/mol. The van der Waals surface area contributed by atoms with Crippen LogP contribution in [0, 0.1) is 27.1 Å². The molecule has 0 aliphatic rings. The van der Waals surface area contributed by atoms with Gasteiger partial charge in [-0.2, -0.15) is 11.8 Å². The first-order valence-corrected chi connectivity index (χ1v) is 16.8. The molecule has 0 fully saturated rings. The molecule has 0 amide bonds. The Morgan fingerprint density at radius 3 is 1.60 bits per heavy atom. The molecule has 0 rings (SSSR count). The molecule has 0 aromatic rings. The van der Waals surface area contributed by atoms with Crippen LogP contribution in [0.4, 0.5) is 0 Å². The van der Waals surface area contributed by atoms with Crippen LogP contribution >= 0.6 is 11.8 Å². The van der Waals surface area contributed by atoms with Gasteiger partial charge in [-0.25, -0.2) is 0 Å². The van der Waals surface area contributed by atoms with E-state index in [2.05, 4.69) is 76.2 Å². The Morgan fingerprint density at radius 1 is 0.690 bits per heavy atom. The van der Waals surface area contributed by atoms with Gasteiger partial charge in [0, 0.05) is 10.5 Å². The van der Waals surface area contributed by atoms with Gasteiger partial charge in [0.05, 0.1) is 24.4 Å². The molecule has 4 unspecified atom stereocenters. The zero-order valence-corrected chi connectivity index (χ0v) is 30.3. The van der Waals surface area contributed by atoms with Crippen molar-refractivity contribution in [2.75, 3.05) is 26.1 Å². The number of rotatable bonds is 20. The first-order valence-electron chi connectivity index (χ1n) is 15.8. The Balaban J connectivity index is 5.08. The van der Waals surface area contributed by atoms with Gasteiger partial charge in [-0.05, 0) is 62.2 Å². The summed E-state index contributed by atoms with van der Waals surface area (Å²) in [4.78, 5) is 38.7. The molecule has 0 aliphatic heterocycles. The highest BCUT2D eigenvalue weighted by atomic mass is 32.2. The van der Waals surface area contributed by atoms with E-state index in [0.29, 0.717) is 18.6 Å². The number of thioether (sulfide) groups is 1. The minimum Gasteiger partial charge on any atom is -0.469 e. The van der Waals surface area contributed by atoms with Crippen molar-refractivity contribution in [3.63, 3.8) is 0 Å². The summed E-state index contributed by atoms with van der Waals surface area (Å²) in [5.41, 5.74) is -1.99. The molecule has 0 heterocycles. The monoisotopic (exact) mass is 616 g/mol. The van der Waals surface area contributed by atoms with Crippen molar-refractivity contribution in [3.8, 4) is 0 Å². The van der Waals surface area contributed by atoms with Gasteiger partial charge >= 0.3 is 17.9 Å². The van der Waals surface area contributed by atoms with Crippen molar-refractivity contribution in [1.82, 2.24) is 0 Å². The van der Waals surface area contributed by atoms with Crippen molar-refractivity contribution < 1.29 is 33.7 Å². The van der Waals surface area contributed by atoms with Crippen molar-refractivity contribution in [2.45, 2.75) is 146 Å². The van der Waals surface area contributed by atoms with Gasteiger partial charge in [0.1, 0.15) is 19.3 Å². The summed E-state index contributed by atoms with van der Waals surface area (Å²) in [6.07, 6.45) is 3.77. The second-order valence-corrected chi connectivity index (χ2v) is 16.5. The van der Waals surface area contributed by atoms with Crippen LogP contribution in [0.3, 0.4) is 0 Å². The van der Waals surface area contributed by atoms with Crippen molar-refractivity contribution in [2.24, 2.45) is 27.1 Å². The smallest absolute Gasteiger partial charge is 0.312 e. The molecule has 0 aromatic heterocycles. The van der Waals surface area contributed by atoms with Crippen LogP contribution in [0.2, 0.25) is 0 Å². The van der Waals surface area contributed by atoms with Crippen LogP contribution in [0.25, 0.3) is 0 Å². The number of aliphatic hydroxyl groups is 1. The first-order chi connectivity index (χ1) is 19.1. The number of esters is 3. The maximum atomic E-state index is 13.3. The van der Waals surface area contributed by atoms with Crippen molar-refractivity contribution in [1.29, 1.82) is 0 Å². The lowest BCUT2D eigenvalue weighted by Crippen LogP contribution is -2.47. The maximum absolute atomic E-state index is 13.3. The van der Waals surface area contributed by atoms with Crippen molar-refractivity contribution in [3.05, 3.63) is 0 Å². The molecule has 0 aromatic carbocycles. The number of aliphatic hydroxyl groups excluding tert-OH is 1. The number of methoxy groups -OCH3 is 1. The van der Waals surface area contributed by atoms with Crippen LogP contribution in [-0.4, -0.2) is 59.9 Å². The SMILES string of the molecule is CCC(C)(C)CC(C)(C(=O)OCC(O)COC(=O)CCSC(C)(CC)CC(C)(C(=O)OC)C(C)(C)CC)C(C)(C)CC. The van der Waals surface area contributed by atoms with E-state index in [-0.39, 0.29) is 52.6 Å².